The number of rotatable bonds is 6. The number of sulfone groups is 1. The van der Waals surface area contributed by atoms with Gasteiger partial charge in [0, 0.05) is 20.0 Å². The first kappa shape index (κ1) is 20.2. The molecule has 1 heterocycles. The highest BCUT2D eigenvalue weighted by atomic mass is 32.2. The lowest BCUT2D eigenvalue weighted by Crippen LogP contribution is -2.45. The van der Waals surface area contributed by atoms with Crippen molar-refractivity contribution in [2.24, 2.45) is 0 Å². The molecule has 7 nitrogen and oxygen atoms in total. The van der Waals surface area contributed by atoms with Gasteiger partial charge >= 0.3 is 0 Å². The molecular formula is C18H26N2O5S. The van der Waals surface area contributed by atoms with E-state index in [4.69, 9.17) is 4.74 Å². The average Bonchev–Trinajstić information content (AvgIpc) is 2.91. The zero-order valence-electron chi connectivity index (χ0n) is 15.6. The first-order valence-corrected chi connectivity index (χ1v) is 10.4. The van der Waals surface area contributed by atoms with Crippen LogP contribution < -0.4 is 9.64 Å². The highest BCUT2D eigenvalue weighted by Crippen LogP contribution is 2.29. The number of carbonyl (C=O) groups excluding carboxylic acids is 2. The van der Waals surface area contributed by atoms with Gasteiger partial charge in [0.2, 0.25) is 11.8 Å². The number of ether oxygens (including phenoxy) is 1. The van der Waals surface area contributed by atoms with Gasteiger partial charge in [0.25, 0.3) is 0 Å². The van der Waals surface area contributed by atoms with E-state index in [-0.39, 0.29) is 42.0 Å². The van der Waals surface area contributed by atoms with Gasteiger partial charge in [0.05, 0.1) is 23.3 Å². The van der Waals surface area contributed by atoms with E-state index in [1.165, 1.54) is 16.7 Å². The van der Waals surface area contributed by atoms with Crippen LogP contribution in [0.4, 0.5) is 5.69 Å². The van der Waals surface area contributed by atoms with Crippen molar-refractivity contribution >= 4 is 27.3 Å². The molecule has 2 amide bonds. The molecule has 2 rings (SSSR count). The van der Waals surface area contributed by atoms with Crippen LogP contribution in [0.2, 0.25) is 0 Å². The molecule has 0 aromatic heterocycles. The van der Waals surface area contributed by atoms with Gasteiger partial charge in [-0.1, -0.05) is 12.1 Å². The van der Waals surface area contributed by atoms with Crippen LogP contribution in [-0.4, -0.2) is 62.4 Å². The molecule has 144 valence electrons. The summed E-state index contributed by atoms with van der Waals surface area (Å²) in [6, 6.07) is 6.71. The second-order valence-electron chi connectivity index (χ2n) is 6.80. The van der Waals surface area contributed by atoms with Gasteiger partial charge in [-0.05, 0) is 32.4 Å². The Morgan fingerprint density at radius 1 is 1.27 bits per heavy atom. The smallest absolute Gasteiger partial charge is 0.242 e. The molecule has 0 saturated carbocycles. The van der Waals surface area contributed by atoms with Crippen molar-refractivity contribution in [1.29, 1.82) is 0 Å². The summed E-state index contributed by atoms with van der Waals surface area (Å²) >= 11 is 0. The monoisotopic (exact) mass is 382 g/mol. The van der Waals surface area contributed by atoms with E-state index in [0.29, 0.717) is 17.9 Å². The van der Waals surface area contributed by atoms with Gasteiger partial charge in [-0.15, -0.1) is 0 Å². The van der Waals surface area contributed by atoms with Gasteiger partial charge in [-0.3, -0.25) is 14.5 Å². The standard InChI is InChI=1S/C18H26N2O5S/c1-13(2)25-17-8-6-5-7-16(17)20(14(3)21)11-18(22)19(4)15-9-10-26(23,24)12-15/h5-8,13,15H,9-12H2,1-4H3. The van der Waals surface area contributed by atoms with Gasteiger partial charge in [0.15, 0.2) is 9.84 Å². The third kappa shape index (κ3) is 4.97. The topological polar surface area (TPSA) is 84.0 Å². The molecule has 1 aromatic carbocycles. The number of carbonyl (C=O) groups is 2. The van der Waals surface area contributed by atoms with Crippen LogP contribution >= 0.6 is 0 Å². The van der Waals surface area contributed by atoms with E-state index in [1.807, 2.05) is 13.8 Å². The Morgan fingerprint density at radius 3 is 2.46 bits per heavy atom. The Bertz CT molecular complexity index is 776. The normalized spacial score (nSPS) is 18.6. The number of likely N-dealkylation sites (N-methyl/N-ethyl adjacent to an activating group) is 1. The summed E-state index contributed by atoms with van der Waals surface area (Å²) in [6.07, 6.45) is 0.351. The van der Waals surface area contributed by atoms with Crippen LogP contribution in [-0.2, 0) is 19.4 Å². The van der Waals surface area contributed by atoms with Crippen LogP contribution in [0.5, 0.6) is 5.75 Å². The van der Waals surface area contributed by atoms with Gasteiger partial charge in [-0.2, -0.15) is 0 Å². The molecule has 26 heavy (non-hydrogen) atoms. The number of nitrogens with zero attached hydrogens (tertiary/aromatic N) is 2. The third-order valence-corrected chi connectivity index (χ3v) is 6.09. The van der Waals surface area contributed by atoms with Gasteiger partial charge in [0.1, 0.15) is 12.3 Å². The first-order chi connectivity index (χ1) is 12.1. The molecule has 1 aliphatic rings. The minimum atomic E-state index is -3.09. The van der Waals surface area contributed by atoms with Crippen LogP contribution in [0, 0.1) is 0 Å². The summed E-state index contributed by atoms with van der Waals surface area (Å²) in [4.78, 5) is 27.6. The summed E-state index contributed by atoms with van der Waals surface area (Å²) in [5.41, 5.74) is 0.523. The zero-order chi connectivity index (χ0) is 19.5. The second kappa shape index (κ2) is 8.07. The van der Waals surface area contributed by atoms with E-state index in [1.54, 1.807) is 31.3 Å². The summed E-state index contributed by atoms with van der Waals surface area (Å²) in [7, 11) is -1.50. The Balaban J connectivity index is 2.19. The maximum absolute atomic E-state index is 12.7. The van der Waals surface area contributed by atoms with Crippen molar-refractivity contribution < 1.29 is 22.7 Å². The number of benzene rings is 1. The summed E-state index contributed by atoms with van der Waals surface area (Å²) in [6.45, 7) is 4.99. The van der Waals surface area contributed by atoms with Crippen LogP contribution in [0.15, 0.2) is 24.3 Å². The quantitative estimate of drug-likeness (QED) is 0.744. The van der Waals surface area contributed by atoms with Crippen molar-refractivity contribution in [1.82, 2.24) is 4.90 Å². The maximum Gasteiger partial charge on any atom is 0.242 e. The van der Waals surface area contributed by atoms with E-state index < -0.39 is 9.84 Å². The maximum atomic E-state index is 12.7. The fourth-order valence-electron chi connectivity index (χ4n) is 2.93. The number of para-hydroxylation sites is 2. The fraction of sp³-hybridized carbons (Fsp3) is 0.556. The van der Waals surface area contributed by atoms with Crippen molar-refractivity contribution in [3.63, 3.8) is 0 Å². The van der Waals surface area contributed by atoms with Crippen LogP contribution in [0.3, 0.4) is 0 Å². The molecule has 1 fully saturated rings. The highest BCUT2D eigenvalue weighted by molar-refractivity contribution is 7.91. The Morgan fingerprint density at radius 2 is 1.92 bits per heavy atom. The third-order valence-electron chi connectivity index (χ3n) is 4.34. The largest absolute Gasteiger partial charge is 0.489 e. The molecule has 8 heteroatoms. The number of hydrogen-bond donors (Lipinski definition) is 0. The highest BCUT2D eigenvalue weighted by Gasteiger charge is 2.33. The molecule has 0 radical (unpaired) electrons. The molecule has 1 saturated heterocycles. The molecule has 0 N–H and O–H groups in total. The minimum absolute atomic E-state index is 0.0254. The molecule has 0 aliphatic carbocycles. The van der Waals surface area contributed by atoms with E-state index in [2.05, 4.69) is 0 Å². The lowest BCUT2D eigenvalue weighted by Gasteiger charge is -2.28. The van der Waals surface area contributed by atoms with Crippen molar-refractivity contribution in [3.05, 3.63) is 24.3 Å². The van der Waals surface area contributed by atoms with Crippen molar-refractivity contribution in [2.45, 2.75) is 39.3 Å². The molecule has 0 bridgehead atoms. The predicted octanol–water partition coefficient (Wildman–Crippen LogP) is 1.47. The molecule has 1 aliphatic heterocycles. The summed E-state index contributed by atoms with van der Waals surface area (Å²) < 4.78 is 29.0. The lowest BCUT2D eigenvalue weighted by atomic mass is 10.2. The molecule has 1 atom stereocenters. The average molecular weight is 382 g/mol. The second-order valence-corrected chi connectivity index (χ2v) is 9.03. The summed E-state index contributed by atoms with van der Waals surface area (Å²) in [5.74, 6) is 0.00270. The van der Waals surface area contributed by atoms with Gasteiger partial charge in [-0.25, -0.2) is 8.42 Å². The Labute approximate surface area is 154 Å². The molecule has 1 unspecified atom stereocenters. The Kier molecular flexibility index (Phi) is 6.28. The SMILES string of the molecule is CC(=O)N(CC(=O)N(C)C1CCS(=O)(=O)C1)c1ccccc1OC(C)C. The van der Waals surface area contributed by atoms with Crippen molar-refractivity contribution in [2.75, 3.05) is 30.0 Å². The first-order valence-electron chi connectivity index (χ1n) is 8.60. The van der Waals surface area contributed by atoms with Crippen molar-refractivity contribution in [3.8, 4) is 5.75 Å². The number of amides is 2. The summed E-state index contributed by atoms with van der Waals surface area (Å²) in [5, 5.41) is 0. The molecule has 1 aromatic rings. The minimum Gasteiger partial charge on any atom is -0.489 e. The van der Waals surface area contributed by atoms with Crippen LogP contribution in [0.1, 0.15) is 27.2 Å². The zero-order valence-corrected chi connectivity index (χ0v) is 16.5. The van der Waals surface area contributed by atoms with Gasteiger partial charge < -0.3 is 9.64 Å². The van der Waals surface area contributed by atoms with E-state index >= 15 is 0 Å². The van der Waals surface area contributed by atoms with Crippen LogP contribution in [0.25, 0.3) is 0 Å². The lowest BCUT2D eigenvalue weighted by molar-refractivity contribution is -0.131. The number of hydrogen-bond acceptors (Lipinski definition) is 5. The number of anilines is 1. The van der Waals surface area contributed by atoms with E-state index in [0.717, 1.165) is 0 Å². The Hall–Kier alpha value is -2.09. The molecular weight excluding hydrogens is 356 g/mol. The molecule has 0 spiro atoms. The van der Waals surface area contributed by atoms with E-state index in [9.17, 15) is 18.0 Å². The predicted molar refractivity (Wildman–Crippen MR) is 100 cm³/mol. The fourth-order valence-corrected chi connectivity index (χ4v) is 4.71.